The number of hydrogen-bond acceptors (Lipinski definition) is 3. The number of hydrogen-bond donors (Lipinski definition) is 0. The Morgan fingerprint density at radius 2 is 2.18 bits per heavy atom. The molecule has 0 radical (unpaired) electrons. The first-order valence-corrected chi connectivity index (χ1v) is 4.08. The van der Waals surface area contributed by atoms with Crippen LogP contribution in [0.5, 0.6) is 0 Å². The Morgan fingerprint density at radius 3 is 3.00 bits per heavy atom. The maximum atomic E-state index is 10.7. The Bertz CT molecular complexity index is 133. The fourth-order valence-corrected chi connectivity index (χ4v) is 1.09. The van der Waals surface area contributed by atoms with Crippen molar-refractivity contribution >= 4 is 6.16 Å². The zero-order valence-corrected chi connectivity index (χ0v) is 6.84. The quantitative estimate of drug-likeness (QED) is 0.505. The van der Waals surface area contributed by atoms with Gasteiger partial charge >= 0.3 is 6.16 Å². The van der Waals surface area contributed by atoms with Crippen LogP contribution in [0, 0.1) is 5.92 Å². The molecule has 0 N–H and O–H groups in total. The summed E-state index contributed by atoms with van der Waals surface area (Å²) in [7, 11) is 0. The van der Waals surface area contributed by atoms with Gasteiger partial charge in [-0.3, -0.25) is 0 Å². The van der Waals surface area contributed by atoms with Gasteiger partial charge in [0.15, 0.2) is 0 Å². The summed E-state index contributed by atoms with van der Waals surface area (Å²) in [6.45, 7) is 3.09. The second-order valence-electron chi connectivity index (χ2n) is 3.01. The smallest absolute Gasteiger partial charge is 0.434 e. The molecule has 0 amide bonds. The lowest BCUT2D eigenvalue weighted by Gasteiger charge is -2.07. The first-order chi connectivity index (χ1) is 5.29. The molecule has 1 unspecified atom stereocenters. The third-order valence-corrected chi connectivity index (χ3v) is 1.80. The van der Waals surface area contributed by atoms with Crippen molar-refractivity contribution in [3.63, 3.8) is 0 Å². The Labute approximate surface area is 66.7 Å². The van der Waals surface area contributed by atoms with Gasteiger partial charge in [-0.2, -0.15) is 0 Å². The summed E-state index contributed by atoms with van der Waals surface area (Å²) in [5, 5.41) is 0. The lowest BCUT2D eigenvalue weighted by Crippen LogP contribution is -2.11. The number of ether oxygens (including phenoxy) is 2. The lowest BCUT2D eigenvalue weighted by atomic mass is 10.1. The van der Waals surface area contributed by atoms with Crippen molar-refractivity contribution < 1.29 is 14.3 Å². The zero-order valence-electron chi connectivity index (χ0n) is 6.84. The second kappa shape index (κ2) is 4.21. The summed E-state index contributed by atoms with van der Waals surface area (Å²) < 4.78 is 9.56. The first kappa shape index (κ1) is 8.37. The summed E-state index contributed by atoms with van der Waals surface area (Å²) in [6.07, 6.45) is 2.69. The molecule has 0 spiro atoms. The average Bonchev–Trinajstić information content (AvgIpc) is 2.06. The molecular weight excluding hydrogens is 144 g/mol. The summed E-state index contributed by atoms with van der Waals surface area (Å²) >= 11 is 0. The molecule has 3 heteroatoms. The van der Waals surface area contributed by atoms with E-state index in [9.17, 15) is 4.79 Å². The van der Waals surface area contributed by atoms with Crippen LogP contribution in [-0.2, 0) is 9.47 Å². The Morgan fingerprint density at radius 1 is 1.36 bits per heavy atom. The first-order valence-electron chi connectivity index (χ1n) is 4.08. The molecule has 0 bridgehead atoms. The van der Waals surface area contributed by atoms with Gasteiger partial charge in [0, 0.05) is 0 Å². The fraction of sp³-hybridized carbons (Fsp3) is 0.875. The van der Waals surface area contributed by atoms with Gasteiger partial charge in [0.25, 0.3) is 0 Å². The fourth-order valence-electron chi connectivity index (χ4n) is 1.09. The number of carbonyl (C=O) groups excluding carboxylic acids is 1. The third kappa shape index (κ3) is 3.25. The molecule has 0 aromatic carbocycles. The van der Waals surface area contributed by atoms with Crippen molar-refractivity contribution in [1.82, 2.24) is 0 Å². The van der Waals surface area contributed by atoms with Crippen molar-refractivity contribution in [3.05, 3.63) is 0 Å². The number of carbonyl (C=O) groups is 1. The van der Waals surface area contributed by atoms with Crippen LogP contribution in [0.15, 0.2) is 0 Å². The highest BCUT2D eigenvalue weighted by Gasteiger charge is 2.10. The van der Waals surface area contributed by atoms with Crippen molar-refractivity contribution in [3.8, 4) is 0 Å². The van der Waals surface area contributed by atoms with Crippen LogP contribution in [0.1, 0.15) is 26.2 Å². The minimum Gasteiger partial charge on any atom is -0.434 e. The summed E-state index contributed by atoms with van der Waals surface area (Å²) in [6, 6.07) is 0. The van der Waals surface area contributed by atoms with Crippen LogP contribution < -0.4 is 0 Å². The van der Waals surface area contributed by atoms with Crippen molar-refractivity contribution in [1.29, 1.82) is 0 Å². The number of rotatable bonds is 0. The molecule has 64 valence electrons. The molecule has 0 aromatic rings. The van der Waals surface area contributed by atoms with Gasteiger partial charge in [-0.25, -0.2) is 4.79 Å². The molecule has 1 aliphatic heterocycles. The van der Waals surface area contributed by atoms with Gasteiger partial charge in [0.2, 0.25) is 0 Å². The summed E-state index contributed by atoms with van der Waals surface area (Å²) in [4.78, 5) is 10.7. The van der Waals surface area contributed by atoms with Gasteiger partial charge in [0.1, 0.15) is 0 Å². The Kier molecular flexibility index (Phi) is 3.20. The third-order valence-electron chi connectivity index (χ3n) is 1.80. The van der Waals surface area contributed by atoms with Gasteiger partial charge in [0.05, 0.1) is 13.2 Å². The van der Waals surface area contributed by atoms with Gasteiger partial charge in [-0.05, 0) is 25.2 Å². The second-order valence-corrected chi connectivity index (χ2v) is 3.01. The van der Waals surface area contributed by atoms with Crippen molar-refractivity contribution in [2.75, 3.05) is 13.2 Å². The maximum Gasteiger partial charge on any atom is 0.508 e. The van der Waals surface area contributed by atoms with Crippen molar-refractivity contribution in [2.45, 2.75) is 26.2 Å². The van der Waals surface area contributed by atoms with E-state index in [-0.39, 0.29) is 0 Å². The largest absolute Gasteiger partial charge is 0.508 e. The van der Waals surface area contributed by atoms with Crippen LogP contribution in [0.3, 0.4) is 0 Å². The van der Waals surface area contributed by atoms with Gasteiger partial charge in [-0.1, -0.05) is 6.92 Å². The predicted octanol–water partition coefficient (Wildman–Crippen LogP) is 1.96. The summed E-state index contributed by atoms with van der Waals surface area (Å²) in [5.74, 6) is 0.473. The predicted molar refractivity (Wildman–Crippen MR) is 40.3 cm³/mol. The van der Waals surface area contributed by atoms with Crippen LogP contribution in [0.25, 0.3) is 0 Å². The van der Waals surface area contributed by atoms with E-state index < -0.39 is 6.16 Å². The van der Waals surface area contributed by atoms with Crippen LogP contribution in [0.4, 0.5) is 4.79 Å². The molecule has 11 heavy (non-hydrogen) atoms. The highest BCUT2D eigenvalue weighted by molar-refractivity contribution is 5.59. The van der Waals surface area contributed by atoms with E-state index in [0.717, 1.165) is 19.3 Å². The minimum atomic E-state index is -0.515. The molecule has 1 rings (SSSR count). The van der Waals surface area contributed by atoms with E-state index in [1.54, 1.807) is 0 Å². The zero-order chi connectivity index (χ0) is 8.10. The molecular formula is C8H14O3. The van der Waals surface area contributed by atoms with E-state index in [2.05, 4.69) is 6.92 Å². The van der Waals surface area contributed by atoms with E-state index in [0.29, 0.717) is 19.1 Å². The topological polar surface area (TPSA) is 35.5 Å². The van der Waals surface area contributed by atoms with Crippen molar-refractivity contribution in [2.24, 2.45) is 5.92 Å². The van der Waals surface area contributed by atoms with E-state index in [1.807, 2.05) is 0 Å². The highest BCUT2D eigenvalue weighted by atomic mass is 16.7. The maximum absolute atomic E-state index is 10.7. The average molecular weight is 158 g/mol. The minimum absolute atomic E-state index is 0.473. The molecule has 1 heterocycles. The molecule has 0 saturated carbocycles. The Balaban J connectivity index is 2.31. The van der Waals surface area contributed by atoms with Gasteiger partial charge in [-0.15, -0.1) is 0 Å². The van der Waals surface area contributed by atoms with Crippen LogP contribution in [0.2, 0.25) is 0 Å². The monoisotopic (exact) mass is 158 g/mol. The molecule has 1 aliphatic rings. The molecule has 1 fully saturated rings. The van der Waals surface area contributed by atoms with E-state index in [1.165, 1.54) is 0 Å². The van der Waals surface area contributed by atoms with Gasteiger partial charge < -0.3 is 9.47 Å². The van der Waals surface area contributed by atoms with E-state index in [4.69, 9.17) is 9.47 Å². The SMILES string of the molecule is CC1CCCCOC(=O)OC1. The number of cyclic esters (lactones) is 2. The molecule has 1 saturated heterocycles. The van der Waals surface area contributed by atoms with E-state index >= 15 is 0 Å². The normalized spacial score (nSPS) is 27.4. The standard InChI is InChI=1S/C8H14O3/c1-7-4-2-3-5-10-8(9)11-6-7/h7H,2-6H2,1H3. The lowest BCUT2D eigenvalue weighted by molar-refractivity contribution is 0.0508. The Hall–Kier alpha value is -0.730. The molecule has 0 aromatic heterocycles. The molecule has 0 aliphatic carbocycles. The molecule has 1 atom stereocenters. The van der Waals surface area contributed by atoms with Crippen LogP contribution >= 0.6 is 0 Å². The summed E-state index contributed by atoms with van der Waals surface area (Å²) in [5.41, 5.74) is 0. The molecule has 3 nitrogen and oxygen atoms in total. The van der Waals surface area contributed by atoms with Crippen LogP contribution in [-0.4, -0.2) is 19.4 Å². The highest BCUT2D eigenvalue weighted by Crippen LogP contribution is 2.10.